The lowest BCUT2D eigenvalue weighted by atomic mass is 10.2. The summed E-state index contributed by atoms with van der Waals surface area (Å²) in [6.45, 7) is 5.45. The van der Waals surface area contributed by atoms with Crippen LogP contribution in [-0.2, 0) is 0 Å². The van der Waals surface area contributed by atoms with Gasteiger partial charge < -0.3 is 5.32 Å². The van der Waals surface area contributed by atoms with Crippen LogP contribution in [0.25, 0.3) is 0 Å². The molecule has 0 aromatic heterocycles. The van der Waals surface area contributed by atoms with Gasteiger partial charge >= 0.3 is 0 Å². The fourth-order valence-corrected chi connectivity index (χ4v) is 0.534. The summed E-state index contributed by atoms with van der Waals surface area (Å²) >= 11 is 0. The van der Waals surface area contributed by atoms with Gasteiger partial charge in [-0.1, -0.05) is 49.9 Å². The topological polar surface area (TPSA) is 12.0 Å². The van der Waals surface area contributed by atoms with Gasteiger partial charge in [0.05, 0.1) is 0 Å². The van der Waals surface area contributed by atoms with E-state index in [0.29, 0.717) is 0 Å². The van der Waals surface area contributed by atoms with Crippen molar-refractivity contribution in [3.8, 4) is 0 Å². The van der Waals surface area contributed by atoms with E-state index in [1.54, 1.807) is 6.20 Å². The SMILES string of the molecule is C.C=CNC.Cc1ccccc1. The van der Waals surface area contributed by atoms with E-state index < -0.39 is 0 Å². The van der Waals surface area contributed by atoms with Crippen LogP contribution < -0.4 is 5.32 Å². The van der Waals surface area contributed by atoms with Crippen molar-refractivity contribution < 1.29 is 0 Å². The highest BCUT2D eigenvalue weighted by Gasteiger charge is 1.72. The molecule has 0 saturated carbocycles. The monoisotopic (exact) mass is 165 g/mol. The number of nitrogens with one attached hydrogen (secondary N) is 1. The number of rotatable bonds is 1. The first-order valence-corrected chi connectivity index (χ1v) is 3.61. The van der Waals surface area contributed by atoms with Crippen molar-refractivity contribution in [2.45, 2.75) is 14.4 Å². The summed E-state index contributed by atoms with van der Waals surface area (Å²) in [6.07, 6.45) is 1.62. The Morgan fingerprint density at radius 1 is 1.25 bits per heavy atom. The van der Waals surface area contributed by atoms with Crippen LogP contribution in [0.1, 0.15) is 13.0 Å². The first-order valence-electron chi connectivity index (χ1n) is 3.61. The van der Waals surface area contributed by atoms with Crippen LogP contribution in [0.2, 0.25) is 0 Å². The molecule has 0 unspecified atom stereocenters. The van der Waals surface area contributed by atoms with E-state index in [1.165, 1.54) is 5.56 Å². The minimum absolute atomic E-state index is 0. The van der Waals surface area contributed by atoms with Gasteiger partial charge in [-0.3, -0.25) is 0 Å². The van der Waals surface area contributed by atoms with Crippen molar-refractivity contribution >= 4 is 0 Å². The number of benzene rings is 1. The van der Waals surface area contributed by atoms with Gasteiger partial charge in [-0.05, 0) is 13.1 Å². The normalized spacial score (nSPS) is 6.83. The summed E-state index contributed by atoms with van der Waals surface area (Å²) in [6, 6.07) is 10.3. The highest BCUT2D eigenvalue weighted by molar-refractivity contribution is 5.11. The zero-order valence-electron chi connectivity index (χ0n) is 7.17. The van der Waals surface area contributed by atoms with Crippen molar-refractivity contribution in [3.05, 3.63) is 48.7 Å². The molecule has 1 aromatic rings. The van der Waals surface area contributed by atoms with Crippen LogP contribution >= 0.6 is 0 Å². The van der Waals surface area contributed by atoms with Crippen LogP contribution in [0.4, 0.5) is 0 Å². The molecule has 0 fully saturated rings. The molecule has 1 heteroatoms. The molecule has 0 aliphatic rings. The smallest absolute Gasteiger partial charge is 0.00275 e. The van der Waals surface area contributed by atoms with Gasteiger partial charge in [-0.15, -0.1) is 0 Å². The lowest BCUT2D eigenvalue weighted by Gasteiger charge is -1.82. The molecule has 12 heavy (non-hydrogen) atoms. The van der Waals surface area contributed by atoms with E-state index in [2.05, 4.69) is 31.0 Å². The fourth-order valence-electron chi connectivity index (χ4n) is 0.534. The third-order valence-corrected chi connectivity index (χ3v) is 1.14. The Balaban J connectivity index is 0. The van der Waals surface area contributed by atoms with Crippen molar-refractivity contribution in [1.29, 1.82) is 0 Å². The second-order valence-corrected chi connectivity index (χ2v) is 2.15. The molecule has 68 valence electrons. The maximum Gasteiger partial charge on any atom is 0.00275 e. The second kappa shape index (κ2) is 9.76. The molecule has 1 rings (SSSR count). The Bertz CT molecular complexity index is 179. The van der Waals surface area contributed by atoms with Gasteiger partial charge in [0.25, 0.3) is 0 Å². The van der Waals surface area contributed by atoms with Crippen molar-refractivity contribution in [2.24, 2.45) is 0 Å². The lowest BCUT2D eigenvalue weighted by Crippen LogP contribution is -1.87. The minimum atomic E-state index is 0. The zero-order valence-corrected chi connectivity index (χ0v) is 7.17. The molecule has 0 amide bonds. The minimum Gasteiger partial charge on any atom is -0.394 e. The largest absolute Gasteiger partial charge is 0.394 e. The third-order valence-electron chi connectivity index (χ3n) is 1.14. The maximum atomic E-state index is 3.37. The van der Waals surface area contributed by atoms with E-state index in [1.807, 2.05) is 25.2 Å². The van der Waals surface area contributed by atoms with Gasteiger partial charge in [-0.25, -0.2) is 0 Å². The molecule has 0 saturated heterocycles. The highest BCUT2D eigenvalue weighted by atomic mass is 14.8. The van der Waals surface area contributed by atoms with E-state index in [-0.39, 0.29) is 7.43 Å². The van der Waals surface area contributed by atoms with Crippen LogP contribution in [0.3, 0.4) is 0 Å². The Labute approximate surface area is 76.1 Å². The van der Waals surface area contributed by atoms with E-state index in [0.717, 1.165) is 0 Å². The van der Waals surface area contributed by atoms with Crippen LogP contribution in [-0.4, -0.2) is 7.05 Å². The van der Waals surface area contributed by atoms with Crippen LogP contribution in [0, 0.1) is 6.92 Å². The molecule has 1 N–H and O–H groups in total. The molecule has 1 nitrogen and oxygen atoms in total. The molecule has 1 aromatic carbocycles. The number of hydrogen-bond acceptors (Lipinski definition) is 1. The van der Waals surface area contributed by atoms with Crippen LogP contribution in [0.15, 0.2) is 43.1 Å². The Morgan fingerprint density at radius 3 is 1.83 bits per heavy atom. The van der Waals surface area contributed by atoms with Gasteiger partial charge in [0.1, 0.15) is 0 Å². The highest BCUT2D eigenvalue weighted by Crippen LogP contribution is 1.92. The standard InChI is InChI=1S/C7H8.C3H7N.CH4/c1-7-5-3-2-4-6-7;1-3-4-2;/h2-6H,1H3;3-4H,1H2,2H3;1H4. The first kappa shape index (κ1) is 13.4. The molecule has 0 aliphatic carbocycles. The number of aryl methyl sites for hydroxylation is 1. The fraction of sp³-hybridized carbons (Fsp3) is 0.273. The van der Waals surface area contributed by atoms with Crippen molar-refractivity contribution in [2.75, 3.05) is 7.05 Å². The Morgan fingerprint density at radius 2 is 1.67 bits per heavy atom. The maximum absolute atomic E-state index is 3.37. The van der Waals surface area contributed by atoms with Gasteiger partial charge in [0.2, 0.25) is 0 Å². The molecule has 0 spiro atoms. The lowest BCUT2D eigenvalue weighted by molar-refractivity contribution is 1.11. The second-order valence-electron chi connectivity index (χ2n) is 2.15. The van der Waals surface area contributed by atoms with Gasteiger partial charge in [0, 0.05) is 7.05 Å². The Hall–Kier alpha value is -1.24. The molecule has 0 aliphatic heterocycles. The molecular weight excluding hydrogens is 146 g/mol. The first-order chi connectivity index (χ1) is 5.31. The van der Waals surface area contributed by atoms with Crippen LogP contribution in [0.5, 0.6) is 0 Å². The molecule has 0 bridgehead atoms. The predicted molar refractivity (Wildman–Crippen MR) is 57.2 cm³/mol. The quantitative estimate of drug-likeness (QED) is 0.674. The summed E-state index contributed by atoms with van der Waals surface area (Å²) in [4.78, 5) is 0. The van der Waals surface area contributed by atoms with Gasteiger partial charge in [-0.2, -0.15) is 0 Å². The average Bonchev–Trinajstić information content (AvgIpc) is 2.07. The van der Waals surface area contributed by atoms with Crippen molar-refractivity contribution in [1.82, 2.24) is 5.32 Å². The zero-order chi connectivity index (χ0) is 8.53. The van der Waals surface area contributed by atoms with Gasteiger partial charge in [0.15, 0.2) is 0 Å². The summed E-state index contributed by atoms with van der Waals surface area (Å²) in [5.41, 5.74) is 1.32. The summed E-state index contributed by atoms with van der Waals surface area (Å²) in [5, 5.41) is 2.69. The van der Waals surface area contributed by atoms with E-state index in [9.17, 15) is 0 Å². The third kappa shape index (κ3) is 8.76. The summed E-state index contributed by atoms with van der Waals surface area (Å²) in [5.74, 6) is 0. The summed E-state index contributed by atoms with van der Waals surface area (Å²) in [7, 11) is 1.81. The molecule has 0 heterocycles. The van der Waals surface area contributed by atoms with Crippen molar-refractivity contribution in [3.63, 3.8) is 0 Å². The molecule has 0 atom stereocenters. The van der Waals surface area contributed by atoms with E-state index in [4.69, 9.17) is 0 Å². The summed E-state index contributed by atoms with van der Waals surface area (Å²) < 4.78 is 0. The predicted octanol–water partition coefficient (Wildman–Crippen LogP) is 2.98. The molecular formula is C11H19N. The molecule has 0 radical (unpaired) electrons. The van der Waals surface area contributed by atoms with E-state index >= 15 is 0 Å². The Kier molecular flexibility index (Phi) is 10.9. The average molecular weight is 165 g/mol. The number of hydrogen-bond donors (Lipinski definition) is 1.